The molecule has 0 saturated carbocycles. The van der Waals surface area contributed by atoms with Crippen molar-refractivity contribution in [1.29, 1.82) is 0 Å². The molecule has 1 heterocycles. The van der Waals surface area contributed by atoms with Crippen LogP contribution in [0.5, 0.6) is 0 Å². The Morgan fingerprint density at radius 2 is 1.67 bits per heavy atom. The van der Waals surface area contributed by atoms with Crippen molar-refractivity contribution >= 4 is 17.9 Å². The predicted molar refractivity (Wildman–Crippen MR) is 117 cm³/mol. The monoisotopic (exact) mass is 397 g/mol. The largest absolute Gasteiger partial charge is 0.478 e. The molecule has 0 aliphatic heterocycles. The lowest BCUT2D eigenvalue weighted by Crippen LogP contribution is -2.17. The van der Waals surface area contributed by atoms with Crippen molar-refractivity contribution in [2.75, 3.05) is 0 Å². The van der Waals surface area contributed by atoms with E-state index in [0.717, 1.165) is 11.1 Å². The zero-order valence-corrected chi connectivity index (χ0v) is 16.2. The Hall–Kier alpha value is -4.19. The van der Waals surface area contributed by atoms with Crippen molar-refractivity contribution in [3.05, 3.63) is 106 Å². The highest BCUT2D eigenvalue weighted by atomic mass is 16.4. The molecule has 0 radical (unpaired) electrons. The highest BCUT2D eigenvalue weighted by Gasteiger charge is 2.16. The first-order valence-corrected chi connectivity index (χ1v) is 9.38. The average molecular weight is 397 g/mol. The summed E-state index contributed by atoms with van der Waals surface area (Å²) in [4.78, 5) is 29.1. The Balaban J connectivity index is 1.87. The molecule has 148 valence electrons. The number of benzene rings is 3. The first-order chi connectivity index (χ1) is 14.5. The van der Waals surface area contributed by atoms with Gasteiger partial charge in [0.05, 0.1) is 28.2 Å². The van der Waals surface area contributed by atoms with E-state index in [4.69, 9.17) is 0 Å². The number of hydrogen-bond acceptors (Lipinski definition) is 3. The van der Waals surface area contributed by atoms with Gasteiger partial charge in [0.2, 0.25) is 0 Å². The maximum Gasteiger partial charge on any atom is 0.337 e. The minimum atomic E-state index is -1.06. The number of nitrogens with zero attached hydrogens (tertiary/aromatic N) is 2. The van der Waals surface area contributed by atoms with Crippen LogP contribution in [0.15, 0.2) is 88.6 Å². The van der Waals surface area contributed by atoms with Crippen molar-refractivity contribution in [2.45, 2.75) is 6.92 Å². The van der Waals surface area contributed by atoms with E-state index in [1.54, 1.807) is 18.2 Å². The third kappa shape index (κ3) is 3.71. The third-order valence-electron chi connectivity index (χ3n) is 4.72. The van der Waals surface area contributed by atoms with Crippen molar-refractivity contribution in [2.24, 2.45) is 4.99 Å². The Labute approximate surface area is 172 Å². The normalized spacial score (nSPS) is 11.1. The fourth-order valence-electron chi connectivity index (χ4n) is 3.22. The maximum atomic E-state index is 13.2. The molecule has 0 aliphatic rings. The molecule has 4 aromatic rings. The van der Waals surface area contributed by atoms with Crippen LogP contribution in [0.3, 0.4) is 0 Å². The van der Waals surface area contributed by atoms with Crippen molar-refractivity contribution in [1.82, 2.24) is 9.78 Å². The zero-order chi connectivity index (χ0) is 21.1. The van der Waals surface area contributed by atoms with E-state index in [1.807, 2.05) is 67.6 Å². The Kier molecular flexibility index (Phi) is 5.13. The van der Waals surface area contributed by atoms with Gasteiger partial charge in [-0.2, -0.15) is 0 Å². The fourth-order valence-corrected chi connectivity index (χ4v) is 3.22. The number of para-hydroxylation sites is 1. The van der Waals surface area contributed by atoms with Gasteiger partial charge in [-0.3, -0.25) is 14.9 Å². The first-order valence-electron chi connectivity index (χ1n) is 9.38. The second-order valence-corrected chi connectivity index (χ2v) is 6.83. The number of carbonyl (C=O) groups is 1. The lowest BCUT2D eigenvalue weighted by molar-refractivity contribution is 0.0697. The molecule has 3 aromatic carbocycles. The lowest BCUT2D eigenvalue weighted by Gasteiger charge is -2.02. The lowest BCUT2D eigenvalue weighted by atomic mass is 10.1. The van der Waals surface area contributed by atoms with Gasteiger partial charge in [0.15, 0.2) is 0 Å². The number of aromatic carboxylic acids is 1. The molecule has 30 heavy (non-hydrogen) atoms. The molecular formula is C24H19N3O3. The average Bonchev–Trinajstić information content (AvgIpc) is 3.10. The van der Waals surface area contributed by atoms with Gasteiger partial charge in [0.25, 0.3) is 5.56 Å². The van der Waals surface area contributed by atoms with E-state index in [2.05, 4.69) is 10.1 Å². The number of rotatable bonds is 5. The highest BCUT2D eigenvalue weighted by Crippen LogP contribution is 2.23. The molecule has 0 bridgehead atoms. The molecule has 0 spiro atoms. The number of aromatic amines is 1. The maximum absolute atomic E-state index is 13.2. The van der Waals surface area contributed by atoms with Crippen LogP contribution in [0.4, 0.5) is 5.69 Å². The number of H-pyrrole nitrogens is 1. The van der Waals surface area contributed by atoms with Crippen LogP contribution < -0.4 is 5.56 Å². The molecule has 0 atom stereocenters. The quantitative estimate of drug-likeness (QED) is 0.483. The SMILES string of the molecule is Cc1ccc(N=Cc2c(-c3ccccc3)[nH]n(-c3ccccc3)c2=O)c(C(=O)O)c1. The van der Waals surface area contributed by atoms with Crippen molar-refractivity contribution in [3.8, 4) is 16.9 Å². The number of hydrogen-bond donors (Lipinski definition) is 2. The number of nitrogens with one attached hydrogen (secondary N) is 1. The van der Waals surface area contributed by atoms with Crippen LogP contribution in [-0.2, 0) is 0 Å². The van der Waals surface area contributed by atoms with Gasteiger partial charge in [-0.05, 0) is 31.2 Å². The van der Waals surface area contributed by atoms with Gasteiger partial charge in [0, 0.05) is 11.8 Å². The van der Waals surface area contributed by atoms with Gasteiger partial charge in [0.1, 0.15) is 0 Å². The van der Waals surface area contributed by atoms with Crippen molar-refractivity contribution in [3.63, 3.8) is 0 Å². The zero-order valence-electron chi connectivity index (χ0n) is 16.2. The summed E-state index contributed by atoms with van der Waals surface area (Å²) in [7, 11) is 0. The predicted octanol–water partition coefficient (Wildman–Crippen LogP) is 4.59. The van der Waals surface area contributed by atoms with Gasteiger partial charge in [-0.15, -0.1) is 0 Å². The van der Waals surface area contributed by atoms with E-state index < -0.39 is 5.97 Å². The molecule has 0 amide bonds. The summed E-state index contributed by atoms with van der Waals surface area (Å²) in [5, 5.41) is 12.6. The standard InChI is InChI=1S/C24H19N3O3/c1-16-12-13-21(19(14-16)24(29)30)25-15-20-22(17-8-4-2-5-9-17)26-27(23(20)28)18-10-6-3-7-11-18/h2-15,26H,1H3,(H,29,30). The molecule has 0 saturated heterocycles. The van der Waals surface area contributed by atoms with Crippen molar-refractivity contribution < 1.29 is 9.90 Å². The summed E-state index contributed by atoms with van der Waals surface area (Å²) >= 11 is 0. The molecule has 0 fully saturated rings. The van der Waals surface area contributed by atoms with Crippen LogP contribution in [0, 0.1) is 6.92 Å². The van der Waals surface area contributed by atoms with Gasteiger partial charge in [-0.25, -0.2) is 9.48 Å². The summed E-state index contributed by atoms with van der Waals surface area (Å²) in [6, 6.07) is 23.7. The molecule has 0 unspecified atom stereocenters. The molecular weight excluding hydrogens is 378 g/mol. The number of aromatic nitrogens is 2. The van der Waals surface area contributed by atoms with E-state index in [1.165, 1.54) is 10.9 Å². The van der Waals surface area contributed by atoms with Crippen LogP contribution in [0.2, 0.25) is 0 Å². The molecule has 1 aromatic heterocycles. The van der Waals surface area contributed by atoms with E-state index in [9.17, 15) is 14.7 Å². The smallest absolute Gasteiger partial charge is 0.337 e. The number of aryl methyl sites for hydroxylation is 1. The van der Waals surface area contributed by atoms with E-state index >= 15 is 0 Å². The first kappa shape index (κ1) is 19.1. The van der Waals surface area contributed by atoms with Crippen LogP contribution in [0.1, 0.15) is 21.5 Å². The molecule has 2 N–H and O–H groups in total. The molecule has 6 nitrogen and oxygen atoms in total. The Morgan fingerprint density at radius 3 is 2.33 bits per heavy atom. The van der Waals surface area contributed by atoms with E-state index in [-0.39, 0.29) is 11.1 Å². The van der Waals surface area contributed by atoms with Gasteiger partial charge >= 0.3 is 5.97 Å². The number of aliphatic imine (C=N–C) groups is 1. The van der Waals surface area contributed by atoms with Crippen LogP contribution in [0.25, 0.3) is 16.9 Å². The summed E-state index contributed by atoms with van der Waals surface area (Å²) in [6.07, 6.45) is 1.43. The van der Waals surface area contributed by atoms with Crippen LogP contribution in [-0.4, -0.2) is 27.1 Å². The summed E-state index contributed by atoms with van der Waals surface area (Å²) in [5.41, 5.74) is 3.41. The third-order valence-corrected chi connectivity index (χ3v) is 4.72. The second kappa shape index (κ2) is 8.05. The minimum Gasteiger partial charge on any atom is -0.478 e. The van der Waals surface area contributed by atoms with Crippen LogP contribution >= 0.6 is 0 Å². The van der Waals surface area contributed by atoms with Gasteiger partial charge in [-0.1, -0.05) is 60.2 Å². The molecule has 4 rings (SSSR count). The number of carboxylic acid groups (broad SMARTS) is 1. The van der Waals surface area contributed by atoms with Gasteiger partial charge < -0.3 is 5.11 Å². The Morgan fingerprint density at radius 1 is 1.00 bits per heavy atom. The topological polar surface area (TPSA) is 87.5 Å². The Bertz CT molecular complexity index is 1290. The number of carboxylic acids is 1. The highest BCUT2D eigenvalue weighted by molar-refractivity contribution is 5.96. The molecule has 6 heteroatoms. The summed E-state index contributed by atoms with van der Waals surface area (Å²) in [5.74, 6) is -1.06. The summed E-state index contributed by atoms with van der Waals surface area (Å²) in [6.45, 7) is 1.82. The minimum absolute atomic E-state index is 0.0893. The molecule has 0 aliphatic carbocycles. The summed E-state index contributed by atoms with van der Waals surface area (Å²) < 4.78 is 1.46. The second-order valence-electron chi connectivity index (χ2n) is 6.83. The fraction of sp³-hybridized carbons (Fsp3) is 0.0417. The van der Waals surface area contributed by atoms with E-state index in [0.29, 0.717) is 22.6 Å².